The molecule has 1 aliphatic heterocycles. The largest absolute Gasteiger partial charge is 0.356 e. The Bertz CT molecular complexity index is 269. The number of carbonyl (C=O) groups excluding carboxylic acids is 1. The molecule has 2 atom stereocenters. The van der Waals surface area contributed by atoms with E-state index in [0.29, 0.717) is 11.8 Å². The van der Waals surface area contributed by atoms with E-state index in [4.69, 9.17) is 0 Å². The molecule has 0 radical (unpaired) electrons. The quantitative estimate of drug-likeness (QED) is 0.781. The number of amides is 1. The summed E-state index contributed by atoms with van der Waals surface area (Å²) in [7, 11) is 0. The molecule has 1 amide bonds. The highest BCUT2D eigenvalue weighted by Gasteiger charge is 2.26. The third kappa shape index (κ3) is 4.44. The SMILES string of the molecule is O=C(CC1CCSCC1)NCC1CCCC1CBr. The summed E-state index contributed by atoms with van der Waals surface area (Å²) in [6.45, 7) is 0.899. The predicted octanol–water partition coefficient (Wildman–Crippen LogP) is 3.45. The van der Waals surface area contributed by atoms with Gasteiger partial charge in [0.1, 0.15) is 0 Å². The molecule has 2 nitrogen and oxygen atoms in total. The first kappa shape index (κ1) is 14.7. The fourth-order valence-electron chi connectivity index (χ4n) is 3.12. The molecule has 2 unspecified atom stereocenters. The first-order valence-corrected chi connectivity index (χ1v) is 9.47. The minimum absolute atomic E-state index is 0.284. The van der Waals surface area contributed by atoms with E-state index < -0.39 is 0 Å². The van der Waals surface area contributed by atoms with Crippen LogP contribution in [0, 0.1) is 17.8 Å². The maximum Gasteiger partial charge on any atom is 0.220 e. The molecule has 4 heteroatoms. The van der Waals surface area contributed by atoms with Crippen LogP contribution in [0.4, 0.5) is 0 Å². The number of rotatable bonds is 5. The summed E-state index contributed by atoms with van der Waals surface area (Å²) in [4.78, 5) is 11.9. The summed E-state index contributed by atoms with van der Waals surface area (Å²) in [6.07, 6.45) is 7.16. The molecule has 2 fully saturated rings. The monoisotopic (exact) mass is 333 g/mol. The Balaban J connectivity index is 1.64. The van der Waals surface area contributed by atoms with Crippen LogP contribution >= 0.6 is 27.7 Å². The van der Waals surface area contributed by atoms with Crippen LogP contribution in [0.1, 0.15) is 38.5 Å². The molecule has 0 aromatic rings. The van der Waals surface area contributed by atoms with Crippen molar-refractivity contribution in [3.05, 3.63) is 0 Å². The lowest BCUT2D eigenvalue weighted by Gasteiger charge is -2.22. The fourth-order valence-corrected chi connectivity index (χ4v) is 5.17. The van der Waals surface area contributed by atoms with Crippen molar-refractivity contribution in [3.63, 3.8) is 0 Å². The Morgan fingerprint density at radius 3 is 2.61 bits per heavy atom. The maximum absolute atomic E-state index is 11.9. The summed E-state index contributed by atoms with van der Waals surface area (Å²) in [5.41, 5.74) is 0. The number of nitrogens with one attached hydrogen (secondary N) is 1. The van der Waals surface area contributed by atoms with Crippen molar-refractivity contribution < 1.29 is 4.79 Å². The highest BCUT2D eigenvalue weighted by atomic mass is 79.9. The van der Waals surface area contributed by atoms with Crippen LogP contribution in [0.2, 0.25) is 0 Å². The third-order valence-electron chi connectivity index (χ3n) is 4.39. The summed E-state index contributed by atoms with van der Waals surface area (Å²) >= 11 is 5.61. The molecule has 18 heavy (non-hydrogen) atoms. The minimum Gasteiger partial charge on any atom is -0.356 e. The van der Waals surface area contributed by atoms with Crippen molar-refractivity contribution in [2.75, 3.05) is 23.4 Å². The van der Waals surface area contributed by atoms with Crippen molar-refractivity contribution in [2.24, 2.45) is 17.8 Å². The zero-order valence-electron chi connectivity index (χ0n) is 11.0. The molecule has 2 aliphatic rings. The van der Waals surface area contributed by atoms with Gasteiger partial charge in [0.05, 0.1) is 0 Å². The van der Waals surface area contributed by atoms with Gasteiger partial charge < -0.3 is 5.32 Å². The van der Waals surface area contributed by atoms with Gasteiger partial charge >= 0.3 is 0 Å². The first-order valence-electron chi connectivity index (χ1n) is 7.20. The molecule has 0 bridgehead atoms. The molecule has 1 N–H and O–H groups in total. The average molecular weight is 334 g/mol. The van der Waals surface area contributed by atoms with Crippen LogP contribution < -0.4 is 5.32 Å². The van der Waals surface area contributed by atoms with Crippen LogP contribution in [0.5, 0.6) is 0 Å². The third-order valence-corrected chi connectivity index (χ3v) is 6.27. The molecule has 0 aromatic heterocycles. The van der Waals surface area contributed by atoms with Crippen LogP contribution in [-0.4, -0.2) is 29.3 Å². The van der Waals surface area contributed by atoms with Crippen LogP contribution in [0.15, 0.2) is 0 Å². The van der Waals surface area contributed by atoms with E-state index in [9.17, 15) is 4.79 Å². The molecular weight excluding hydrogens is 310 g/mol. The van der Waals surface area contributed by atoms with Crippen molar-refractivity contribution in [1.82, 2.24) is 5.32 Å². The van der Waals surface area contributed by atoms with Crippen LogP contribution in [0.3, 0.4) is 0 Å². The molecule has 2 rings (SSSR count). The number of alkyl halides is 1. The van der Waals surface area contributed by atoms with Gasteiger partial charge in [0.25, 0.3) is 0 Å². The van der Waals surface area contributed by atoms with Crippen LogP contribution in [-0.2, 0) is 4.79 Å². The molecular formula is C14H24BrNOS. The van der Waals surface area contributed by atoms with Gasteiger partial charge in [0.15, 0.2) is 0 Å². The predicted molar refractivity (Wildman–Crippen MR) is 82.3 cm³/mol. The van der Waals surface area contributed by atoms with Crippen molar-refractivity contribution in [3.8, 4) is 0 Å². The van der Waals surface area contributed by atoms with Gasteiger partial charge in [-0.05, 0) is 54.9 Å². The Kier molecular flexibility index (Phi) is 6.36. The summed E-state index contributed by atoms with van der Waals surface area (Å²) in [5.74, 6) is 4.89. The molecule has 1 aliphatic carbocycles. The van der Waals surface area contributed by atoms with Gasteiger partial charge in [0.2, 0.25) is 5.91 Å². The highest BCUT2D eigenvalue weighted by Crippen LogP contribution is 2.32. The van der Waals surface area contributed by atoms with Crippen molar-refractivity contribution in [1.29, 1.82) is 0 Å². The zero-order chi connectivity index (χ0) is 12.8. The van der Waals surface area contributed by atoms with Gasteiger partial charge in [-0.2, -0.15) is 11.8 Å². The second-order valence-corrected chi connectivity index (χ2v) is 7.54. The standard InChI is InChI=1S/C14H24BrNOS/c15-9-12-2-1-3-13(12)10-16-14(17)8-11-4-6-18-7-5-11/h11-13H,1-10H2,(H,16,17). The van der Waals surface area contributed by atoms with E-state index in [1.165, 1.54) is 43.6 Å². The van der Waals surface area contributed by atoms with Gasteiger partial charge in [-0.15, -0.1) is 0 Å². The smallest absolute Gasteiger partial charge is 0.220 e. The molecule has 1 saturated heterocycles. The number of hydrogen-bond donors (Lipinski definition) is 1. The van der Waals surface area contributed by atoms with Gasteiger partial charge in [-0.3, -0.25) is 4.79 Å². The Morgan fingerprint density at radius 1 is 1.17 bits per heavy atom. The Hall–Kier alpha value is 0.300. The average Bonchev–Trinajstić information content (AvgIpc) is 2.85. The number of hydrogen-bond acceptors (Lipinski definition) is 2. The molecule has 0 aromatic carbocycles. The van der Waals surface area contributed by atoms with Gasteiger partial charge in [-0.1, -0.05) is 22.4 Å². The van der Waals surface area contributed by atoms with Crippen molar-refractivity contribution in [2.45, 2.75) is 38.5 Å². The minimum atomic E-state index is 0.284. The molecule has 104 valence electrons. The lowest BCUT2D eigenvalue weighted by Crippen LogP contribution is -2.32. The molecule has 1 heterocycles. The highest BCUT2D eigenvalue weighted by molar-refractivity contribution is 9.09. The Labute approximate surface area is 123 Å². The Morgan fingerprint density at radius 2 is 1.89 bits per heavy atom. The summed E-state index contributed by atoms with van der Waals surface area (Å²) < 4.78 is 0. The topological polar surface area (TPSA) is 29.1 Å². The van der Waals surface area contributed by atoms with Crippen molar-refractivity contribution >= 4 is 33.6 Å². The number of thioether (sulfide) groups is 1. The van der Waals surface area contributed by atoms with E-state index in [0.717, 1.165) is 24.2 Å². The van der Waals surface area contributed by atoms with E-state index in [2.05, 4.69) is 21.2 Å². The number of halogens is 1. The van der Waals surface area contributed by atoms with Gasteiger partial charge in [0, 0.05) is 18.3 Å². The lowest BCUT2D eigenvalue weighted by atomic mass is 9.96. The second kappa shape index (κ2) is 7.78. The lowest BCUT2D eigenvalue weighted by molar-refractivity contribution is -0.122. The zero-order valence-corrected chi connectivity index (χ0v) is 13.4. The van der Waals surface area contributed by atoms with E-state index in [-0.39, 0.29) is 5.91 Å². The normalized spacial score (nSPS) is 29.4. The van der Waals surface area contributed by atoms with Gasteiger partial charge in [-0.25, -0.2) is 0 Å². The molecule has 0 spiro atoms. The molecule has 1 saturated carbocycles. The maximum atomic E-state index is 11.9. The summed E-state index contributed by atoms with van der Waals surface area (Å²) in [6, 6.07) is 0. The van der Waals surface area contributed by atoms with Crippen LogP contribution in [0.25, 0.3) is 0 Å². The first-order chi connectivity index (χ1) is 8.79. The number of carbonyl (C=O) groups is 1. The van der Waals surface area contributed by atoms with E-state index >= 15 is 0 Å². The van der Waals surface area contributed by atoms with E-state index in [1.807, 2.05) is 11.8 Å². The fraction of sp³-hybridized carbons (Fsp3) is 0.929. The second-order valence-electron chi connectivity index (χ2n) is 5.67. The van der Waals surface area contributed by atoms with E-state index in [1.54, 1.807) is 0 Å². The summed E-state index contributed by atoms with van der Waals surface area (Å²) in [5, 5.41) is 4.26.